The van der Waals surface area contributed by atoms with E-state index in [9.17, 15) is 14.9 Å². The minimum atomic E-state index is -0.540. The molecule has 1 aromatic heterocycles. The first-order chi connectivity index (χ1) is 8.86. The van der Waals surface area contributed by atoms with Gasteiger partial charge in [-0.3, -0.25) is 14.9 Å². The molecule has 0 saturated carbocycles. The first-order valence-corrected chi connectivity index (χ1v) is 6.00. The minimum Gasteiger partial charge on any atom is -0.347 e. The number of aromatic nitrogens is 1. The van der Waals surface area contributed by atoms with Crippen LogP contribution in [0.1, 0.15) is 6.92 Å². The first-order valence-electron chi connectivity index (χ1n) is 5.62. The number of hydrogen-bond donors (Lipinski definition) is 0. The van der Waals surface area contributed by atoms with Gasteiger partial charge in [0, 0.05) is 26.7 Å². The number of hydrogen-bond acceptors (Lipinski definition) is 5. The Bertz CT molecular complexity index is 493. The number of nitrogens with zero attached hydrogens (tertiary/aromatic N) is 4. The summed E-state index contributed by atoms with van der Waals surface area (Å²) in [5.41, 5.74) is -0.169. The van der Waals surface area contributed by atoms with E-state index in [1.807, 2.05) is 0 Å². The van der Waals surface area contributed by atoms with E-state index in [-0.39, 0.29) is 29.1 Å². The van der Waals surface area contributed by atoms with Gasteiger partial charge in [-0.25, -0.2) is 4.98 Å². The Morgan fingerprint density at radius 2 is 2.11 bits per heavy atom. The van der Waals surface area contributed by atoms with Gasteiger partial charge < -0.3 is 9.80 Å². The minimum absolute atomic E-state index is 0.0116. The molecule has 0 saturated heterocycles. The monoisotopic (exact) mass is 286 g/mol. The van der Waals surface area contributed by atoms with Crippen LogP contribution in [0.25, 0.3) is 0 Å². The summed E-state index contributed by atoms with van der Waals surface area (Å²) in [4.78, 5) is 29.0. The van der Waals surface area contributed by atoms with Gasteiger partial charge in [0.05, 0.1) is 11.5 Å². The molecule has 104 valence electrons. The Hall–Kier alpha value is -1.89. The van der Waals surface area contributed by atoms with Crippen LogP contribution in [-0.4, -0.2) is 47.9 Å². The van der Waals surface area contributed by atoms with E-state index in [0.717, 1.165) is 0 Å². The van der Waals surface area contributed by atoms with E-state index in [1.54, 1.807) is 21.0 Å². The average Bonchev–Trinajstić information content (AvgIpc) is 2.34. The number of likely N-dealkylation sites (N-methyl/N-ethyl adjacent to an activating group) is 2. The number of carbonyl (C=O) groups excluding carboxylic acids is 1. The van der Waals surface area contributed by atoms with Crippen LogP contribution < -0.4 is 4.90 Å². The second-order valence-corrected chi connectivity index (χ2v) is 4.42. The molecule has 19 heavy (non-hydrogen) atoms. The molecular formula is C11H15ClN4O3. The summed E-state index contributed by atoms with van der Waals surface area (Å²) in [6, 6.07) is 2.64. The van der Waals surface area contributed by atoms with Crippen molar-refractivity contribution in [1.29, 1.82) is 0 Å². The third kappa shape index (κ3) is 3.78. The number of carbonyl (C=O) groups is 1. The zero-order valence-electron chi connectivity index (χ0n) is 11.0. The molecule has 0 fully saturated rings. The first kappa shape index (κ1) is 15.2. The molecule has 0 spiro atoms. The van der Waals surface area contributed by atoms with Crippen molar-refractivity contribution in [2.75, 3.05) is 32.1 Å². The fraction of sp³-hybridized carbons (Fsp3) is 0.455. The van der Waals surface area contributed by atoms with Gasteiger partial charge in [0.2, 0.25) is 11.7 Å². The van der Waals surface area contributed by atoms with Crippen molar-refractivity contribution < 1.29 is 9.72 Å². The molecule has 0 radical (unpaired) electrons. The number of halogens is 1. The van der Waals surface area contributed by atoms with Gasteiger partial charge >= 0.3 is 5.69 Å². The highest BCUT2D eigenvalue weighted by Gasteiger charge is 2.23. The quantitative estimate of drug-likeness (QED) is 0.466. The van der Waals surface area contributed by atoms with Crippen LogP contribution in [0.2, 0.25) is 5.15 Å². The molecule has 0 aliphatic rings. The summed E-state index contributed by atoms with van der Waals surface area (Å²) in [6.07, 6.45) is 0. The molecule has 1 rings (SSSR count). The lowest BCUT2D eigenvalue weighted by Crippen LogP contribution is -2.37. The van der Waals surface area contributed by atoms with E-state index in [0.29, 0.717) is 6.54 Å². The SMILES string of the molecule is CCN(CC(=O)N(C)C)c1nc(Cl)ccc1[N+](=O)[O-]. The fourth-order valence-corrected chi connectivity index (χ4v) is 1.58. The van der Waals surface area contributed by atoms with Gasteiger partial charge in [0.1, 0.15) is 5.15 Å². The lowest BCUT2D eigenvalue weighted by atomic mass is 10.3. The zero-order valence-corrected chi connectivity index (χ0v) is 11.7. The van der Waals surface area contributed by atoms with Crippen LogP contribution in [0.15, 0.2) is 12.1 Å². The summed E-state index contributed by atoms with van der Waals surface area (Å²) in [5, 5.41) is 11.1. The van der Waals surface area contributed by atoms with E-state index < -0.39 is 4.92 Å². The maximum absolute atomic E-state index is 11.7. The molecule has 0 atom stereocenters. The number of pyridine rings is 1. The molecular weight excluding hydrogens is 272 g/mol. The van der Waals surface area contributed by atoms with Crippen LogP contribution in [0.3, 0.4) is 0 Å². The molecule has 0 aromatic carbocycles. The van der Waals surface area contributed by atoms with Crippen molar-refractivity contribution in [3.05, 3.63) is 27.4 Å². The summed E-state index contributed by atoms with van der Waals surface area (Å²) >= 11 is 5.77. The van der Waals surface area contributed by atoms with Gasteiger partial charge in [0.15, 0.2) is 0 Å². The van der Waals surface area contributed by atoms with Crippen molar-refractivity contribution in [1.82, 2.24) is 9.88 Å². The Morgan fingerprint density at radius 3 is 2.58 bits per heavy atom. The second-order valence-electron chi connectivity index (χ2n) is 4.04. The van der Waals surface area contributed by atoms with E-state index in [4.69, 9.17) is 11.6 Å². The molecule has 8 heteroatoms. The Labute approximate surface area is 115 Å². The van der Waals surface area contributed by atoms with Crippen molar-refractivity contribution in [3.8, 4) is 0 Å². The van der Waals surface area contributed by atoms with Crippen molar-refractivity contribution in [2.24, 2.45) is 0 Å². The van der Waals surface area contributed by atoms with E-state index in [1.165, 1.54) is 21.9 Å². The molecule has 7 nitrogen and oxygen atoms in total. The lowest BCUT2D eigenvalue weighted by Gasteiger charge is -2.22. The molecule has 0 bridgehead atoms. The third-order valence-corrected chi connectivity index (χ3v) is 2.73. The number of nitro groups is 1. The van der Waals surface area contributed by atoms with Crippen molar-refractivity contribution >= 4 is 29.0 Å². The summed E-state index contributed by atoms with van der Waals surface area (Å²) in [7, 11) is 3.24. The standard InChI is InChI=1S/C11H15ClN4O3/c1-4-15(7-10(17)14(2)3)11-8(16(18)19)5-6-9(12)13-11/h5-6H,4,7H2,1-3H3. The highest BCUT2D eigenvalue weighted by Crippen LogP contribution is 2.27. The maximum atomic E-state index is 11.7. The largest absolute Gasteiger partial charge is 0.347 e. The van der Waals surface area contributed by atoms with Crippen molar-refractivity contribution in [3.63, 3.8) is 0 Å². The molecule has 0 N–H and O–H groups in total. The fourth-order valence-electron chi connectivity index (χ4n) is 1.43. The van der Waals surface area contributed by atoms with Crippen LogP contribution in [0.5, 0.6) is 0 Å². The number of amides is 1. The smallest absolute Gasteiger partial charge is 0.311 e. The topological polar surface area (TPSA) is 79.6 Å². The third-order valence-electron chi connectivity index (χ3n) is 2.52. The summed E-state index contributed by atoms with van der Waals surface area (Å²) < 4.78 is 0. The Balaban J connectivity index is 3.13. The van der Waals surface area contributed by atoms with Gasteiger partial charge in [-0.05, 0) is 13.0 Å². The molecule has 0 aliphatic heterocycles. The Kier molecular flexibility index (Phi) is 5.05. The predicted octanol–water partition coefficient (Wildman–Crippen LogP) is 1.56. The van der Waals surface area contributed by atoms with Gasteiger partial charge in [0.25, 0.3) is 0 Å². The van der Waals surface area contributed by atoms with Crippen LogP contribution in [-0.2, 0) is 4.79 Å². The van der Waals surface area contributed by atoms with E-state index >= 15 is 0 Å². The normalized spacial score (nSPS) is 10.1. The highest BCUT2D eigenvalue weighted by molar-refractivity contribution is 6.29. The van der Waals surface area contributed by atoms with Crippen LogP contribution in [0.4, 0.5) is 11.5 Å². The van der Waals surface area contributed by atoms with E-state index in [2.05, 4.69) is 4.98 Å². The van der Waals surface area contributed by atoms with Crippen LogP contribution in [0, 0.1) is 10.1 Å². The number of rotatable bonds is 5. The maximum Gasteiger partial charge on any atom is 0.311 e. The van der Waals surface area contributed by atoms with Gasteiger partial charge in [-0.1, -0.05) is 11.6 Å². The number of anilines is 1. The van der Waals surface area contributed by atoms with Crippen LogP contribution >= 0.6 is 11.6 Å². The average molecular weight is 287 g/mol. The van der Waals surface area contributed by atoms with Gasteiger partial charge in [-0.15, -0.1) is 0 Å². The predicted molar refractivity (Wildman–Crippen MR) is 72.5 cm³/mol. The molecule has 1 heterocycles. The summed E-state index contributed by atoms with van der Waals surface area (Å²) in [5.74, 6) is -0.0619. The van der Waals surface area contributed by atoms with Gasteiger partial charge in [-0.2, -0.15) is 0 Å². The molecule has 0 aliphatic carbocycles. The summed E-state index contributed by atoms with van der Waals surface area (Å²) in [6.45, 7) is 2.21. The molecule has 1 aromatic rings. The molecule has 1 amide bonds. The molecule has 0 unspecified atom stereocenters. The lowest BCUT2D eigenvalue weighted by molar-refractivity contribution is -0.384. The van der Waals surface area contributed by atoms with Crippen molar-refractivity contribution in [2.45, 2.75) is 6.92 Å². The highest BCUT2D eigenvalue weighted by atomic mass is 35.5. The zero-order chi connectivity index (χ0) is 14.6. The Morgan fingerprint density at radius 1 is 1.47 bits per heavy atom. The second kappa shape index (κ2) is 6.33.